The summed E-state index contributed by atoms with van der Waals surface area (Å²) in [5, 5.41) is 6.37. The van der Waals surface area contributed by atoms with E-state index in [0.29, 0.717) is 25.9 Å². The van der Waals surface area contributed by atoms with Gasteiger partial charge in [-0.25, -0.2) is 18.6 Å². The molecule has 0 radical (unpaired) electrons. The van der Waals surface area contributed by atoms with Crippen molar-refractivity contribution >= 4 is 16.7 Å². The number of alkyl halides is 2. The van der Waals surface area contributed by atoms with Crippen molar-refractivity contribution in [2.45, 2.75) is 50.4 Å². The smallest absolute Gasteiger partial charge is 0.310 e. The van der Waals surface area contributed by atoms with Crippen molar-refractivity contribution in [2.75, 3.05) is 0 Å². The van der Waals surface area contributed by atoms with Crippen LogP contribution in [0.2, 0.25) is 0 Å². The van der Waals surface area contributed by atoms with Crippen molar-refractivity contribution in [3.05, 3.63) is 70.5 Å². The highest BCUT2D eigenvalue weighted by Crippen LogP contribution is 2.34. The molecule has 0 unspecified atom stereocenters. The van der Waals surface area contributed by atoms with Crippen LogP contribution in [0, 0.1) is 0 Å². The highest BCUT2D eigenvalue weighted by atomic mass is 19.3. The number of benzene rings is 1. The molecule has 174 valence electrons. The average Bonchev–Trinajstić information content (AvgIpc) is 3.36. The first-order valence-electron chi connectivity index (χ1n) is 11.2. The third kappa shape index (κ3) is 4.06. The molecule has 0 saturated heterocycles. The first-order chi connectivity index (χ1) is 15.8. The lowest BCUT2D eigenvalue weighted by molar-refractivity contribution is -0.0734. The summed E-state index contributed by atoms with van der Waals surface area (Å²) in [5.74, 6) is -2.81. The number of pyridine rings is 1. The molecule has 3 aromatic heterocycles. The molecule has 1 fully saturated rings. The van der Waals surface area contributed by atoms with Crippen LogP contribution in [-0.2, 0) is 27.2 Å². The van der Waals surface area contributed by atoms with Gasteiger partial charge in [0, 0.05) is 63.8 Å². The Morgan fingerprint density at radius 3 is 2.70 bits per heavy atom. The number of aromatic nitrogens is 4. The zero-order chi connectivity index (χ0) is 23.2. The van der Waals surface area contributed by atoms with E-state index in [1.54, 1.807) is 29.4 Å². The van der Waals surface area contributed by atoms with Crippen LogP contribution in [0.1, 0.15) is 30.4 Å². The van der Waals surface area contributed by atoms with Gasteiger partial charge in [0.05, 0.1) is 17.1 Å². The van der Waals surface area contributed by atoms with E-state index in [0.717, 1.165) is 27.8 Å². The van der Waals surface area contributed by atoms with Gasteiger partial charge >= 0.3 is 5.69 Å². The van der Waals surface area contributed by atoms with E-state index in [1.807, 2.05) is 47.1 Å². The van der Waals surface area contributed by atoms with Crippen molar-refractivity contribution in [1.82, 2.24) is 29.2 Å². The summed E-state index contributed by atoms with van der Waals surface area (Å²) in [4.78, 5) is 16.5. The first-order valence-corrected chi connectivity index (χ1v) is 11.2. The highest BCUT2D eigenvalue weighted by Gasteiger charge is 2.44. The van der Waals surface area contributed by atoms with E-state index in [9.17, 15) is 13.6 Å². The summed E-state index contributed by atoms with van der Waals surface area (Å²) < 4.78 is 35.0. The Bertz CT molecular complexity index is 1350. The Morgan fingerprint density at radius 2 is 1.88 bits per heavy atom. The topological polar surface area (TPSA) is 68.3 Å². The first kappa shape index (κ1) is 21.8. The third-order valence-electron chi connectivity index (χ3n) is 6.80. The molecule has 0 bridgehead atoms. The number of nitrogens with zero attached hydrogens (tertiary/aromatic N) is 4. The lowest BCUT2D eigenvalue weighted by Gasteiger charge is -2.37. The molecule has 5 rings (SSSR count). The molecule has 1 aliphatic carbocycles. The van der Waals surface area contributed by atoms with Gasteiger partial charge in [0.2, 0.25) is 0 Å². The Morgan fingerprint density at radius 1 is 1.06 bits per heavy atom. The lowest BCUT2D eigenvalue weighted by atomic mass is 9.87. The van der Waals surface area contributed by atoms with Gasteiger partial charge in [-0.2, -0.15) is 0 Å². The fourth-order valence-corrected chi connectivity index (χ4v) is 4.88. The summed E-state index contributed by atoms with van der Waals surface area (Å²) in [7, 11) is 3.45. The Hall–Kier alpha value is -3.04. The van der Waals surface area contributed by atoms with E-state index in [-0.39, 0.29) is 18.2 Å². The van der Waals surface area contributed by atoms with Crippen LogP contribution < -0.4 is 16.3 Å². The minimum absolute atomic E-state index is 0.101. The predicted molar refractivity (Wildman–Crippen MR) is 123 cm³/mol. The van der Waals surface area contributed by atoms with Crippen LogP contribution in [0.5, 0.6) is 0 Å². The number of rotatable bonds is 6. The molecule has 0 aliphatic heterocycles. The van der Waals surface area contributed by atoms with Crippen molar-refractivity contribution in [3.63, 3.8) is 0 Å². The van der Waals surface area contributed by atoms with Gasteiger partial charge in [-0.05, 0) is 36.6 Å². The van der Waals surface area contributed by atoms with Gasteiger partial charge < -0.3 is 15.0 Å². The van der Waals surface area contributed by atoms with Crippen molar-refractivity contribution < 1.29 is 8.78 Å². The van der Waals surface area contributed by atoms with Gasteiger partial charge in [0.15, 0.2) is 0 Å². The van der Waals surface area contributed by atoms with Gasteiger partial charge in [-0.3, -0.25) is 9.13 Å². The van der Waals surface area contributed by atoms with E-state index >= 15 is 0 Å². The number of fused-ring (bicyclic) bond motifs is 2. The lowest BCUT2D eigenvalue weighted by Crippen LogP contribution is -2.52. The minimum Gasteiger partial charge on any atom is -0.310 e. The van der Waals surface area contributed by atoms with Crippen LogP contribution in [0.4, 0.5) is 8.78 Å². The number of nitrogens with one attached hydrogen (secondary N) is 2. The molecule has 9 heteroatoms. The number of imidazole rings is 2. The molecular weight excluding hydrogens is 426 g/mol. The maximum atomic E-state index is 15.0. The van der Waals surface area contributed by atoms with Crippen LogP contribution in [0.3, 0.4) is 0 Å². The fraction of sp³-hybridized carbons (Fsp3) is 0.417. The molecule has 33 heavy (non-hydrogen) atoms. The minimum atomic E-state index is -2.81. The van der Waals surface area contributed by atoms with Crippen molar-refractivity contribution in [3.8, 4) is 0 Å². The molecule has 3 heterocycles. The number of hydrogen-bond donors (Lipinski definition) is 2. The second-order valence-electron chi connectivity index (χ2n) is 8.97. The van der Waals surface area contributed by atoms with E-state index in [4.69, 9.17) is 0 Å². The molecule has 1 saturated carbocycles. The fourth-order valence-electron chi connectivity index (χ4n) is 4.88. The monoisotopic (exact) mass is 454 g/mol. The molecule has 2 atom stereocenters. The van der Waals surface area contributed by atoms with E-state index < -0.39 is 12.0 Å². The Balaban J connectivity index is 1.20. The molecule has 7 nitrogen and oxygen atoms in total. The zero-order valence-corrected chi connectivity index (χ0v) is 18.8. The Labute approximate surface area is 190 Å². The second-order valence-corrected chi connectivity index (χ2v) is 8.97. The summed E-state index contributed by atoms with van der Waals surface area (Å²) in [6.45, 7) is 0.843. The summed E-state index contributed by atoms with van der Waals surface area (Å²) in [5.41, 5.74) is 4.25. The van der Waals surface area contributed by atoms with Crippen molar-refractivity contribution in [1.29, 1.82) is 0 Å². The van der Waals surface area contributed by atoms with E-state index in [2.05, 4.69) is 15.6 Å². The normalized spacial score (nSPS) is 20.6. The number of hydrogen-bond acceptors (Lipinski definition) is 4. The molecule has 4 aromatic rings. The Kier molecular flexibility index (Phi) is 5.54. The van der Waals surface area contributed by atoms with Crippen LogP contribution in [0.25, 0.3) is 16.7 Å². The van der Waals surface area contributed by atoms with Gasteiger partial charge in [0.1, 0.15) is 5.65 Å². The van der Waals surface area contributed by atoms with Crippen LogP contribution in [-0.4, -0.2) is 36.5 Å². The third-order valence-corrected chi connectivity index (χ3v) is 6.80. The number of halogens is 2. The predicted octanol–water partition coefficient (Wildman–Crippen LogP) is 2.96. The molecule has 0 spiro atoms. The zero-order valence-electron chi connectivity index (χ0n) is 18.8. The maximum absolute atomic E-state index is 15.0. The van der Waals surface area contributed by atoms with Gasteiger partial charge in [0.25, 0.3) is 5.92 Å². The summed E-state index contributed by atoms with van der Waals surface area (Å²) in [6, 6.07) is 8.44. The molecular formula is C24H28F2N6O. The standard InChI is InChI=1S/C24H28F2N6O/c1-30-19-7-5-16(12-20(19)31(2)23(30)33)14-29-21-8-6-18(13-24(21,25)26)28-15-17-4-3-10-32-11-9-27-22(17)32/h3-5,7,9-12,18,21,28-29H,6,8,13-15H2,1-2H3/t18-,21-/m1/s1. The quantitative estimate of drug-likeness (QED) is 0.470. The summed E-state index contributed by atoms with van der Waals surface area (Å²) in [6.07, 6.45) is 6.40. The SMILES string of the molecule is Cn1c(=O)n(C)c2cc(CN[C@@H]3CC[C@@H](NCc4cccn5ccnc45)CC3(F)F)ccc21. The summed E-state index contributed by atoms with van der Waals surface area (Å²) >= 11 is 0. The second kappa shape index (κ2) is 8.39. The molecule has 2 N–H and O–H groups in total. The highest BCUT2D eigenvalue weighted by molar-refractivity contribution is 5.76. The molecule has 1 aromatic carbocycles. The maximum Gasteiger partial charge on any atom is 0.328 e. The molecule has 0 amide bonds. The van der Waals surface area contributed by atoms with Gasteiger partial charge in [-0.1, -0.05) is 12.1 Å². The van der Waals surface area contributed by atoms with Crippen LogP contribution in [0.15, 0.2) is 53.7 Å². The average molecular weight is 455 g/mol. The number of aryl methyl sites for hydroxylation is 2. The van der Waals surface area contributed by atoms with E-state index in [1.165, 1.54) is 0 Å². The van der Waals surface area contributed by atoms with Crippen LogP contribution >= 0.6 is 0 Å². The van der Waals surface area contributed by atoms with Crippen molar-refractivity contribution in [2.24, 2.45) is 14.1 Å². The molecule has 1 aliphatic rings. The van der Waals surface area contributed by atoms with Gasteiger partial charge in [-0.15, -0.1) is 0 Å². The largest absolute Gasteiger partial charge is 0.328 e.